The maximum absolute atomic E-state index is 11.9. The van der Waals surface area contributed by atoms with Gasteiger partial charge in [0, 0.05) is 20.0 Å². The fourth-order valence-corrected chi connectivity index (χ4v) is 7.04. The van der Waals surface area contributed by atoms with Crippen molar-refractivity contribution in [3.8, 4) is 0 Å². The number of aliphatic hydroxyl groups is 1. The van der Waals surface area contributed by atoms with Crippen molar-refractivity contribution in [1.82, 2.24) is 0 Å². The molecule has 3 saturated carbocycles. The molecule has 144 valence electrons. The van der Waals surface area contributed by atoms with Crippen molar-refractivity contribution in [2.24, 2.45) is 23.2 Å². The lowest BCUT2D eigenvalue weighted by Crippen LogP contribution is -2.62. The van der Waals surface area contributed by atoms with E-state index in [1.165, 1.54) is 24.0 Å². The van der Waals surface area contributed by atoms with E-state index in [-0.39, 0.29) is 17.4 Å². The summed E-state index contributed by atoms with van der Waals surface area (Å²) in [6.45, 7) is 8.02. The largest absolute Gasteiger partial charge is 0.385 e. The Morgan fingerprint density at radius 3 is 2.69 bits per heavy atom. The SMILES string of the molecule is C=C1CC[C@H]2[C@@H]3CC[C@H]4CC5(OCCO5)C(OC)C[C@@]4(O)C3=CC[C@]12C. The van der Waals surface area contributed by atoms with Gasteiger partial charge in [0.1, 0.15) is 6.10 Å². The molecule has 5 rings (SSSR count). The molecule has 4 heteroatoms. The summed E-state index contributed by atoms with van der Waals surface area (Å²) >= 11 is 0. The highest BCUT2D eigenvalue weighted by molar-refractivity contribution is 5.35. The Hall–Kier alpha value is -0.680. The van der Waals surface area contributed by atoms with Gasteiger partial charge in [-0.3, -0.25) is 0 Å². The number of hydrogen-bond donors (Lipinski definition) is 1. The van der Waals surface area contributed by atoms with Crippen LogP contribution in [0.4, 0.5) is 0 Å². The molecule has 1 saturated heterocycles. The molecule has 4 fully saturated rings. The maximum Gasteiger partial charge on any atom is 0.195 e. The van der Waals surface area contributed by atoms with E-state index in [4.69, 9.17) is 14.2 Å². The number of ether oxygens (including phenoxy) is 3. The minimum atomic E-state index is -0.768. The zero-order valence-electron chi connectivity index (χ0n) is 16.1. The first kappa shape index (κ1) is 17.4. The van der Waals surface area contributed by atoms with E-state index in [2.05, 4.69) is 19.6 Å². The van der Waals surface area contributed by atoms with Crippen molar-refractivity contribution in [1.29, 1.82) is 0 Å². The third-order valence-corrected chi connectivity index (χ3v) is 8.59. The van der Waals surface area contributed by atoms with Gasteiger partial charge in [-0.1, -0.05) is 25.2 Å². The summed E-state index contributed by atoms with van der Waals surface area (Å²) in [5, 5.41) is 11.9. The number of rotatable bonds is 1. The Balaban J connectivity index is 1.50. The van der Waals surface area contributed by atoms with Crippen molar-refractivity contribution in [3.05, 3.63) is 23.8 Å². The monoisotopic (exact) mass is 360 g/mol. The van der Waals surface area contributed by atoms with E-state index in [9.17, 15) is 5.11 Å². The van der Waals surface area contributed by atoms with Gasteiger partial charge < -0.3 is 19.3 Å². The molecule has 1 heterocycles. The van der Waals surface area contributed by atoms with E-state index in [1.54, 1.807) is 7.11 Å². The van der Waals surface area contributed by atoms with Gasteiger partial charge >= 0.3 is 0 Å². The summed E-state index contributed by atoms with van der Waals surface area (Å²) < 4.78 is 17.8. The molecule has 0 bridgehead atoms. The molecule has 5 aliphatic rings. The van der Waals surface area contributed by atoms with Gasteiger partial charge in [-0.15, -0.1) is 0 Å². The van der Waals surface area contributed by atoms with E-state index >= 15 is 0 Å². The van der Waals surface area contributed by atoms with Crippen LogP contribution in [0.3, 0.4) is 0 Å². The third kappa shape index (κ3) is 2.10. The van der Waals surface area contributed by atoms with E-state index < -0.39 is 11.4 Å². The summed E-state index contributed by atoms with van der Waals surface area (Å²) in [6, 6.07) is 0. The van der Waals surface area contributed by atoms with Crippen molar-refractivity contribution >= 4 is 0 Å². The fraction of sp³-hybridized carbons (Fsp3) is 0.818. The molecule has 0 aromatic heterocycles. The zero-order valence-corrected chi connectivity index (χ0v) is 16.1. The van der Waals surface area contributed by atoms with Crippen molar-refractivity contribution < 1.29 is 19.3 Å². The first-order valence-corrected chi connectivity index (χ1v) is 10.3. The van der Waals surface area contributed by atoms with E-state index in [0.717, 1.165) is 25.7 Å². The summed E-state index contributed by atoms with van der Waals surface area (Å²) in [6.07, 6.45) is 9.08. The Bertz CT molecular complexity index is 649. The minimum Gasteiger partial charge on any atom is -0.385 e. The van der Waals surface area contributed by atoms with Crippen LogP contribution in [-0.4, -0.2) is 42.9 Å². The quantitative estimate of drug-likeness (QED) is 0.726. The molecule has 26 heavy (non-hydrogen) atoms. The molecule has 0 radical (unpaired) electrons. The first-order valence-electron chi connectivity index (χ1n) is 10.3. The molecular weight excluding hydrogens is 328 g/mol. The van der Waals surface area contributed by atoms with Gasteiger partial charge in [-0.05, 0) is 60.8 Å². The molecule has 4 nitrogen and oxygen atoms in total. The molecule has 1 spiro atoms. The first-order chi connectivity index (χ1) is 12.4. The number of methoxy groups -OCH3 is 1. The third-order valence-electron chi connectivity index (χ3n) is 8.59. The van der Waals surface area contributed by atoms with Gasteiger partial charge in [-0.2, -0.15) is 0 Å². The molecule has 6 atom stereocenters. The van der Waals surface area contributed by atoms with Crippen LogP contribution >= 0.6 is 0 Å². The molecule has 0 amide bonds. The average molecular weight is 360 g/mol. The maximum atomic E-state index is 11.9. The van der Waals surface area contributed by atoms with Crippen LogP contribution < -0.4 is 0 Å². The smallest absolute Gasteiger partial charge is 0.195 e. The predicted molar refractivity (Wildman–Crippen MR) is 98.5 cm³/mol. The van der Waals surface area contributed by atoms with Gasteiger partial charge in [-0.25, -0.2) is 0 Å². The minimum absolute atomic E-state index is 0.198. The summed E-state index contributed by atoms with van der Waals surface area (Å²) in [5.41, 5.74) is 2.17. The molecule has 4 aliphatic carbocycles. The van der Waals surface area contributed by atoms with Crippen molar-refractivity contribution in [3.63, 3.8) is 0 Å². The highest BCUT2D eigenvalue weighted by Crippen LogP contribution is 2.63. The second-order valence-electron chi connectivity index (χ2n) is 9.48. The number of hydrogen-bond acceptors (Lipinski definition) is 4. The van der Waals surface area contributed by atoms with Crippen LogP contribution in [0.15, 0.2) is 23.8 Å². The lowest BCUT2D eigenvalue weighted by molar-refractivity contribution is -0.280. The summed E-state index contributed by atoms with van der Waals surface area (Å²) in [4.78, 5) is 0. The zero-order chi connectivity index (χ0) is 18.2. The molecule has 1 N–H and O–H groups in total. The van der Waals surface area contributed by atoms with Crippen LogP contribution in [0, 0.1) is 23.2 Å². The highest BCUT2D eigenvalue weighted by atomic mass is 16.8. The summed E-state index contributed by atoms with van der Waals surface area (Å²) in [5.74, 6) is 0.676. The van der Waals surface area contributed by atoms with Gasteiger partial charge in [0.25, 0.3) is 0 Å². The average Bonchev–Trinajstić information content (AvgIpc) is 3.21. The van der Waals surface area contributed by atoms with Crippen LogP contribution in [-0.2, 0) is 14.2 Å². The second kappa shape index (κ2) is 5.66. The fourth-order valence-electron chi connectivity index (χ4n) is 7.04. The second-order valence-corrected chi connectivity index (χ2v) is 9.48. The van der Waals surface area contributed by atoms with E-state index in [1.807, 2.05) is 0 Å². The lowest BCUT2D eigenvalue weighted by Gasteiger charge is -2.57. The Kier molecular flexibility index (Phi) is 3.80. The topological polar surface area (TPSA) is 47.9 Å². The molecule has 1 unspecified atom stereocenters. The van der Waals surface area contributed by atoms with Crippen molar-refractivity contribution in [2.45, 2.75) is 69.4 Å². The van der Waals surface area contributed by atoms with Crippen LogP contribution in [0.1, 0.15) is 51.9 Å². The van der Waals surface area contributed by atoms with E-state index in [0.29, 0.717) is 31.5 Å². The summed E-state index contributed by atoms with van der Waals surface area (Å²) in [7, 11) is 1.72. The lowest BCUT2D eigenvalue weighted by atomic mass is 9.52. The molecule has 1 aliphatic heterocycles. The van der Waals surface area contributed by atoms with Crippen molar-refractivity contribution in [2.75, 3.05) is 20.3 Å². The molecule has 0 aromatic rings. The Labute approximate surface area is 156 Å². The van der Waals surface area contributed by atoms with Gasteiger partial charge in [0.15, 0.2) is 5.79 Å². The highest BCUT2D eigenvalue weighted by Gasteiger charge is 2.63. The van der Waals surface area contributed by atoms with Gasteiger partial charge in [0.2, 0.25) is 0 Å². The number of allylic oxidation sites excluding steroid dienone is 2. The Morgan fingerprint density at radius 1 is 1.19 bits per heavy atom. The van der Waals surface area contributed by atoms with Crippen LogP contribution in [0.5, 0.6) is 0 Å². The predicted octanol–water partition coefficient (Wildman–Crippen LogP) is 3.60. The van der Waals surface area contributed by atoms with Crippen LogP contribution in [0.25, 0.3) is 0 Å². The molecular formula is C22H32O4. The van der Waals surface area contributed by atoms with Crippen LogP contribution in [0.2, 0.25) is 0 Å². The number of fused-ring (bicyclic) bond motifs is 5. The van der Waals surface area contributed by atoms with Gasteiger partial charge in [0.05, 0.1) is 18.8 Å². The standard InChI is InChI=1S/C22H32O4/c1-14-4-7-17-16-6-5-15-12-22(25-10-11-26-22)19(24-3)13-21(15,23)18(16)8-9-20(14,17)2/h8,15-17,19,23H,1,4-7,9-13H2,2-3H3/t15-,16-,17-,19?,20+,21-/m0/s1. The Morgan fingerprint density at radius 2 is 1.96 bits per heavy atom. The normalized spacial score (nSPS) is 49.5. The molecule has 0 aromatic carbocycles.